The molecule has 174 valence electrons. The van der Waals surface area contributed by atoms with Crippen LogP contribution in [0.25, 0.3) is 5.65 Å². The molecule has 0 unspecified atom stereocenters. The fourth-order valence-electron chi connectivity index (χ4n) is 4.37. The van der Waals surface area contributed by atoms with E-state index in [1.54, 1.807) is 0 Å². The van der Waals surface area contributed by atoms with Gasteiger partial charge in [-0.1, -0.05) is 13.0 Å². The van der Waals surface area contributed by atoms with Crippen molar-refractivity contribution in [1.82, 2.24) is 14.7 Å². The van der Waals surface area contributed by atoms with Crippen LogP contribution in [0.3, 0.4) is 0 Å². The molecule has 0 atom stereocenters. The van der Waals surface area contributed by atoms with Crippen molar-refractivity contribution < 1.29 is 9.59 Å². The predicted molar refractivity (Wildman–Crippen MR) is 132 cm³/mol. The number of nitrogens with one attached hydrogen (secondary N) is 2. The third-order valence-electron chi connectivity index (χ3n) is 6.40. The number of anilines is 2. The van der Waals surface area contributed by atoms with E-state index in [1.165, 1.54) is 18.5 Å². The third kappa shape index (κ3) is 5.35. The molecule has 4 rings (SSSR count). The minimum absolute atomic E-state index is 0.0506. The van der Waals surface area contributed by atoms with Gasteiger partial charge in [0.05, 0.1) is 5.69 Å². The van der Waals surface area contributed by atoms with Gasteiger partial charge in [-0.3, -0.25) is 14.0 Å². The summed E-state index contributed by atoms with van der Waals surface area (Å²) in [5.41, 5.74) is 5.06. The number of rotatable bonds is 7. The van der Waals surface area contributed by atoms with Gasteiger partial charge in [-0.15, -0.1) is 0 Å². The highest BCUT2D eigenvalue weighted by Crippen LogP contribution is 2.24. The quantitative estimate of drug-likeness (QED) is 0.528. The molecule has 2 amide bonds. The molecule has 0 spiro atoms. The Morgan fingerprint density at radius 3 is 2.55 bits per heavy atom. The standard InChI is InChI=1S/C26H33N5O2/c1-18-12-16-30(17-13-18)22-10-8-21(9-11-22)29-23(32)7-4-14-27-26(33)24-20(3)28-25-19(2)6-5-15-31(24)25/h5-6,8-11,15,18H,4,7,12-14,16-17H2,1-3H3,(H,27,33)(H,29,32). The number of nitrogens with zero attached hydrogens (tertiary/aromatic N) is 3. The van der Waals surface area contributed by atoms with Gasteiger partial charge in [-0.05, 0) is 74.9 Å². The maximum atomic E-state index is 12.7. The molecular weight excluding hydrogens is 414 g/mol. The van der Waals surface area contributed by atoms with Gasteiger partial charge in [-0.2, -0.15) is 0 Å². The first kappa shape index (κ1) is 22.8. The summed E-state index contributed by atoms with van der Waals surface area (Å²) in [7, 11) is 0. The van der Waals surface area contributed by atoms with Crippen molar-refractivity contribution in [2.24, 2.45) is 5.92 Å². The van der Waals surface area contributed by atoms with E-state index in [1.807, 2.05) is 48.7 Å². The van der Waals surface area contributed by atoms with Crippen molar-refractivity contribution in [2.75, 3.05) is 29.9 Å². The minimum atomic E-state index is -0.172. The van der Waals surface area contributed by atoms with Gasteiger partial charge < -0.3 is 15.5 Å². The molecule has 7 heteroatoms. The smallest absolute Gasteiger partial charge is 0.270 e. The number of benzene rings is 1. The molecule has 7 nitrogen and oxygen atoms in total. The zero-order chi connectivity index (χ0) is 23.4. The number of piperidine rings is 1. The summed E-state index contributed by atoms with van der Waals surface area (Å²) in [6, 6.07) is 12.0. The number of hydrogen-bond donors (Lipinski definition) is 2. The number of amides is 2. The Balaban J connectivity index is 1.23. The SMILES string of the molecule is Cc1nc2c(C)cccn2c1C(=O)NCCCC(=O)Nc1ccc(N2CCC(C)CC2)cc1. The Morgan fingerprint density at radius 2 is 1.82 bits per heavy atom. The maximum Gasteiger partial charge on any atom is 0.270 e. The summed E-state index contributed by atoms with van der Waals surface area (Å²) in [4.78, 5) is 31.9. The van der Waals surface area contributed by atoms with Crippen LogP contribution in [-0.2, 0) is 4.79 Å². The van der Waals surface area contributed by atoms with Crippen LogP contribution in [0.5, 0.6) is 0 Å². The molecule has 1 aliphatic rings. The fourth-order valence-corrected chi connectivity index (χ4v) is 4.37. The number of pyridine rings is 1. The molecule has 33 heavy (non-hydrogen) atoms. The highest BCUT2D eigenvalue weighted by molar-refractivity contribution is 5.95. The Kier molecular flexibility index (Phi) is 6.96. The first-order chi connectivity index (χ1) is 15.9. The van der Waals surface area contributed by atoms with Crippen molar-refractivity contribution in [3.8, 4) is 0 Å². The van der Waals surface area contributed by atoms with E-state index in [9.17, 15) is 9.59 Å². The van der Waals surface area contributed by atoms with E-state index in [0.29, 0.717) is 30.8 Å². The number of imidazole rings is 1. The van der Waals surface area contributed by atoms with E-state index in [2.05, 4.69) is 39.6 Å². The first-order valence-corrected chi connectivity index (χ1v) is 11.8. The van der Waals surface area contributed by atoms with Gasteiger partial charge in [0.25, 0.3) is 5.91 Å². The summed E-state index contributed by atoms with van der Waals surface area (Å²) < 4.78 is 1.82. The van der Waals surface area contributed by atoms with E-state index in [0.717, 1.165) is 35.9 Å². The number of hydrogen-bond acceptors (Lipinski definition) is 4. The van der Waals surface area contributed by atoms with Crippen molar-refractivity contribution in [3.05, 3.63) is 59.5 Å². The van der Waals surface area contributed by atoms with E-state index in [4.69, 9.17) is 0 Å². The van der Waals surface area contributed by atoms with Crippen LogP contribution in [0.4, 0.5) is 11.4 Å². The third-order valence-corrected chi connectivity index (χ3v) is 6.40. The van der Waals surface area contributed by atoms with E-state index in [-0.39, 0.29) is 11.8 Å². The summed E-state index contributed by atoms with van der Waals surface area (Å²) in [6.07, 6.45) is 5.21. The molecule has 2 N–H and O–H groups in total. The van der Waals surface area contributed by atoms with Gasteiger partial charge in [0.2, 0.25) is 5.91 Å². The van der Waals surface area contributed by atoms with Crippen molar-refractivity contribution in [3.63, 3.8) is 0 Å². The molecule has 0 aliphatic carbocycles. The van der Waals surface area contributed by atoms with Crippen molar-refractivity contribution in [2.45, 2.75) is 46.5 Å². The summed E-state index contributed by atoms with van der Waals surface area (Å²) >= 11 is 0. The highest BCUT2D eigenvalue weighted by atomic mass is 16.2. The Hall–Kier alpha value is -3.35. The van der Waals surface area contributed by atoms with E-state index >= 15 is 0 Å². The van der Waals surface area contributed by atoms with Gasteiger partial charge in [-0.25, -0.2) is 4.98 Å². The lowest BCUT2D eigenvalue weighted by atomic mass is 9.99. The van der Waals surface area contributed by atoms with Crippen LogP contribution < -0.4 is 15.5 Å². The van der Waals surface area contributed by atoms with Gasteiger partial charge >= 0.3 is 0 Å². The van der Waals surface area contributed by atoms with Crippen LogP contribution in [0.1, 0.15) is 54.4 Å². The molecule has 2 aromatic heterocycles. The number of carbonyl (C=O) groups excluding carboxylic acids is 2. The second kappa shape index (κ2) is 10.1. The molecular formula is C26H33N5O2. The summed E-state index contributed by atoms with van der Waals surface area (Å²) in [5, 5.41) is 5.87. The van der Waals surface area contributed by atoms with Gasteiger partial charge in [0, 0.05) is 43.6 Å². The first-order valence-electron chi connectivity index (χ1n) is 11.8. The molecule has 3 aromatic rings. The van der Waals surface area contributed by atoms with Crippen LogP contribution in [0.15, 0.2) is 42.6 Å². The lowest BCUT2D eigenvalue weighted by Gasteiger charge is -2.32. The fraction of sp³-hybridized carbons (Fsp3) is 0.423. The Bertz CT molecular complexity index is 1130. The monoisotopic (exact) mass is 447 g/mol. The average Bonchev–Trinajstić information content (AvgIpc) is 3.15. The number of aryl methyl sites for hydroxylation is 2. The Labute approximate surface area is 195 Å². The average molecular weight is 448 g/mol. The predicted octanol–water partition coefficient (Wildman–Crippen LogP) is 4.34. The molecule has 1 saturated heterocycles. The normalized spacial score (nSPS) is 14.5. The lowest BCUT2D eigenvalue weighted by Crippen LogP contribution is -2.32. The summed E-state index contributed by atoms with van der Waals surface area (Å²) in [6.45, 7) is 8.73. The van der Waals surface area contributed by atoms with E-state index < -0.39 is 0 Å². The molecule has 1 aliphatic heterocycles. The van der Waals surface area contributed by atoms with Crippen LogP contribution in [0.2, 0.25) is 0 Å². The number of carbonyl (C=O) groups is 2. The molecule has 1 aromatic carbocycles. The number of aromatic nitrogens is 2. The molecule has 1 fully saturated rings. The minimum Gasteiger partial charge on any atom is -0.372 e. The van der Waals surface area contributed by atoms with Gasteiger partial charge in [0.15, 0.2) is 0 Å². The molecule has 0 bridgehead atoms. The van der Waals surface area contributed by atoms with Crippen LogP contribution in [0, 0.1) is 19.8 Å². The second-order valence-corrected chi connectivity index (χ2v) is 9.05. The molecule has 3 heterocycles. The van der Waals surface area contributed by atoms with Gasteiger partial charge in [0.1, 0.15) is 11.3 Å². The lowest BCUT2D eigenvalue weighted by molar-refractivity contribution is -0.116. The summed E-state index contributed by atoms with van der Waals surface area (Å²) in [5.74, 6) is 0.580. The zero-order valence-corrected chi connectivity index (χ0v) is 19.7. The topological polar surface area (TPSA) is 78.7 Å². The largest absolute Gasteiger partial charge is 0.372 e. The Morgan fingerprint density at radius 1 is 1.09 bits per heavy atom. The van der Waals surface area contributed by atoms with Crippen LogP contribution >= 0.6 is 0 Å². The molecule has 0 saturated carbocycles. The number of fused-ring (bicyclic) bond motifs is 1. The highest BCUT2D eigenvalue weighted by Gasteiger charge is 2.18. The van der Waals surface area contributed by atoms with Crippen LogP contribution in [-0.4, -0.2) is 40.8 Å². The zero-order valence-electron chi connectivity index (χ0n) is 19.7. The maximum absolute atomic E-state index is 12.7. The van der Waals surface area contributed by atoms with Crippen molar-refractivity contribution in [1.29, 1.82) is 0 Å². The van der Waals surface area contributed by atoms with Crippen molar-refractivity contribution >= 4 is 28.8 Å². The molecule has 0 radical (unpaired) electrons. The second-order valence-electron chi connectivity index (χ2n) is 9.05.